The number of nitrogens with one attached hydrogen (secondary N) is 2. The van der Waals surface area contributed by atoms with Gasteiger partial charge in [-0.2, -0.15) is 0 Å². The molecule has 2 bridgehead atoms. The molecule has 7 nitrogen and oxygen atoms in total. The van der Waals surface area contributed by atoms with Crippen LogP contribution in [0, 0.1) is 0 Å². The molecule has 0 radical (unpaired) electrons. The maximum Gasteiger partial charge on any atom is 0.321 e. The van der Waals surface area contributed by atoms with Gasteiger partial charge in [-0.1, -0.05) is 36.4 Å². The first kappa shape index (κ1) is 22.9. The Balaban J connectivity index is 1.56. The lowest BCUT2D eigenvalue weighted by Gasteiger charge is -2.66. The van der Waals surface area contributed by atoms with E-state index >= 15 is 0 Å². The second-order valence-corrected chi connectivity index (χ2v) is 10.4. The lowest BCUT2D eigenvalue weighted by Crippen LogP contribution is -2.75. The van der Waals surface area contributed by atoms with Crippen LogP contribution < -0.4 is 15.4 Å². The average Bonchev–Trinajstić information content (AvgIpc) is 2.82. The molecule has 34 heavy (non-hydrogen) atoms. The first-order chi connectivity index (χ1) is 16.3. The lowest BCUT2D eigenvalue weighted by atomic mass is 9.47. The zero-order valence-electron chi connectivity index (χ0n) is 19.8. The van der Waals surface area contributed by atoms with Crippen molar-refractivity contribution in [1.82, 2.24) is 15.5 Å². The summed E-state index contributed by atoms with van der Waals surface area (Å²) in [6.45, 7) is 3.67. The molecule has 0 spiro atoms. The number of urea groups is 1. The minimum absolute atomic E-state index is 0.0179. The molecule has 2 aromatic carbocycles. The Morgan fingerprint density at radius 1 is 1.21 bits per heavy atom. The molecule has 2 aromatic rings. The summed E-state index contributed by atoms with van der Waals surface area (Å²) in [6.07, 6.45) is 3.75. The van der Waals surface area contributed by atoms with Gasteiger partial charge in [0.2, 0.25) is 6.41 Å². The van der Waals surface area contributed by atoms with Gasteiger partial charge in [0.25, 0.3) is 0 Å². The van der Waals surface area contributed by atoms with Crippen LogP contribution in [0.3, 0.4) is 0 Å². The van der Waals surface area contributed by atoms with Crippen LogP contribution in [0.1, 0.15) is 49.3 Å². The molecule has 0 unspecified atom stereocenters. The number of piperidine rings is 1. The van der Waals surface area contributed by atoms with Crippen molar-refractivity contribution in [2.24, 2.45) is 0 Å². The molecule has 2 fully saturated rings. The summed E-state index contributed by atoms with van der Waals surface area (Å²) in [5, 5.41) is 17.7. The van der Waals surface area contributed by atoms with E-state index in [0.717, 1.165) is 37.2 Å². The number of ether oxygens (including phenoxy) is 1. The number of rotatable bonds is 5. The van der Waals surface area contributed by atoms with E-state index in [2.05, 4.69) is 51.9 Å². The van der Waals surface area contributed by atoms with Gasteiger partial charge in [-0.25, -0.2) is 4.79 Å². The predicted molar refractivity (Wildman–Crippen MR) is 129 cm³/mol. The lowest BCUT2D eigenvalue weighted by molar-refractivity contribution is -0.179. The van der Waals surface area contributed by atoms with Crippen LogP contribution >= 0.6 is 0 Å². The number of hydrogen-bond acceptors (Lipinski definition) is 5. The van der Waals surface area contributed by atoms with E-state index in [1.807, 2.05) is 19.1 Å². The number of methoxy groups -OCH3 is 1. The standard InChI is InChI=1S/C27H33N3O4/c1-25(29-24(32)28-18-31)10-11-27(33)23-14-20-8-9-21(34-2)15-22(20)26(27,17-25)12-13-30(23)16-19-6-4-3-5-7-19/h3-9,15,18,23,33H,10-14,16-17H2,1-2H3,(H2,28,29,31,32)/t23-,25+,26-,27-/m1/s1. The fourth-order valence-corrected chi connectivity index (χ4v) is 6.95. The number of benzene rings is 2. The molecule has 1 saturated heterocycles. The highest BCUT2D eigenvalue weighted by atomic mass is 16.5. The van der Waals surface area contributed by atoms with Crippen LogP contribution in [0.15, 0.2) is 48.5 Å². The van der Waals surface area contributed by atoms with Gasteiger partial charge in [-0.3, -0.25) is 15.0 Å². The minimum atomic E-state index is -0.929. The fraction of sp³-hybridized carbons (Fsp3) is 0.481. The van der Waals surface area contributed by atoms with Gasteiger partial charge in [-0.15, -0.1) is 0 Å². The third-order valence-electron chi connectivity index (χ3n) is 8.48. The second-order valence-electron chi connectivity index (χ2n) is 10.4. The summed E-state index contributed by atoms with van der Waals surface area (Å²) in [7, 11) is 1.66. The maximum atomic E-state index is 12.5. The fourth-order valence-electron chi connectivity index (χ4n) is 6.95. The van der Waals surface area contributed by atoms with Crippen LogP contribution in [-0.2, 0) is 23.2 Å². The number of likely N-dealkylation sites (tertiary alicyclic amines) is 1. The zero-order chi connectivity index (χ0) is 24.0. The third-order valence-corrected chi connectivity index (χ3v) is 8.48. The van der Waals surface area contributed by atoms with Crippen LogP contribution in [0.25, 0.3) is 0 Å². The van der Waals surface area contributed by atoms with Crippen molar-refractivity contribution < 1.29 is 19.4 Å². The molecule has 2 aliphatic carbocycles. The highest BCUT2D eigenvalue weighted by molar-refractivity contribution is 5.84. The Labute approximate surface area is 200 Å². The topological polar surface area (TPSA) is 90.9 Å². The van der Waals surface area contributed by atoms with Gasteiger partial charge in [0, 0.05) is 23.5 Å². The maximum absolute atomic E-state index is 12.5. The Morgan fingerprint density at radius 2 is 2.00 bits per heavy atom. The molecule has 1 heterocycles. The van der Waals surface area contributed by atoms with Crippen LogP contribution in [0.4, 0.5) is 4.79 Å². The van der Waals surface area contributed by atoms with E-state index in [1.165, 1.54) is 11.1 Å². The van der Waals surface area contributed by atoms with E-state index in [0.29, 0.717) is 25.7 Å². The normalized spacial score (nSPS) is 32.1. The van der Waals surface area contributed by atoms with Gasteiger partial charge >= 0.3 is 6.03 Å². The Bertz CT molecular complexity index is 1090. The number of carbonyl (C=O) groups is 2. The summed E-state index contributed by atoms with van der Waals surface area (Å²) in [5.74, 6) is 0.777. The van der Waals surface area contributed by atoms with E-state index < -0.39 is 22.6 Å². The second kappa shape index (κ2) is 8.40. The minimum Gasteiger partial charge on any atom is -0.497 e. The van der Waals surface area contributed by atoms with E-state index in [9.17, 15) is 14.7 Å². The van der Waals surface area contributed by atoms with Crippen molar-refractivity contribution in [1.29, 1.82) is 0 Å². The molecular formula is C27H33N3O4. The van der Waals surface area contributed by atoms with Crippen molar-refractivity contribution in [3.8, 4) is 5.75 Å². The Kier molecular flexibility index (Phi) is 5.65. The molecule has 3 aliphatic rings. The van der Waals surface area contributed by atoms with Gasteiger partial charge in [0.15, 0.2) is 0 Å². The van der Waals surface area contributed by atoms with Gasteiger partial charge in [0.05, 0.1) is 12.7 Å². The average molecular weight is 464 g/mol. The van der Waals surface area contributed by atoms with E-state index in [1.54, 1.807) is 7.11 Å². The number of aliphatic hydroxyl groups is 1. The van der Waals surface area contributed by atoms with Crippen LogP contribution in [0.5, 0.6) is 5.75 Å². The summed E-state index contributed by atoms with van der Waals surface area (Å²) >= 11 is 0. The smallest absolute Gasteiger partial charge is 0.321 e. The third kappa shape index (κ3) is 3.58. The predicted octanol–water partition coefficient (Wildman–Crippen LogP) is 2.89. The number of carbonyl (C=O) groups excluding carboxylic acids is 2. The van der Waals surface area contributed by atoms with Gasteiger partial charge in [0.1, 0.15) is 5.75 Å². The zero-order valence-corrected chi connectivity index (χ0v) is 19.8. The first-order valence-electron chi connectivity index (χ1n) is 12.0. The summed E-state index contributed by atoms with van der Waals surface area (Å²) in [5.41, 5.74) is 1.61. The van der Waals surface area contributed by atoms with Crippen molar-refractivity contribution >= 4 is 12.4 Å². The number of nitrogens with zero attached hydrogens (tertiary/aromatic N) is 1. The highest BCUT2D eigenvalue weighted by Crippen LogP contribution is 2.60. The van der Waals surface area contributed by atoms with Crippen molar-refractivity contribution in [3.63, 3.8) is 0 Å². The van der Waals surface area contributed by atoms with Crippen molar-refractivity contribution in [2.45, 2.75) is 68.2 Å². The molecule has 3 N–H and O–H groups in total. The number of hydrogen-bond donors (Lipinski definition) is 3. The molecule has 0 aromatic heterocycles. The molecule has 5 rings (SSSR count). The largest absolute Gasteiger partial charge is 0.497 e. The molecule has 7 heteroatoms. The van der Waals surface area contributed by atoms with E-state index in [4.69, 9.17) is 4.74 Å². The molecule has 1 aliphatic heterocycles. The SMILES string of the molecule is COc1ccc2c(c1)[C@]13CCN(Cc4ccccc4)[C@H](C2)[C@]1(O)CC[C@](C)(NC(=O)NC=O)C3. The van der Waals surface area contributed by atoms with Crippen LogP contribution in [-0.4, -0.2) is 53.3 Å². The number of imide groups is 1. The molecule has 1 saturated carbocycles. The van der Waals surface area contributed by atoms with Gasteiger partial charge in [-0.05, 0) is 74.4 Å². The molecule has 3 amide bonds. The van der Waals surface area contributed by atoms with Crippen molar-refractivity contribution in [3.05, 3.63) is 65.2 Å². The number of amides is 3. The summed E-state index contributed by atoms with van der Waals surface area (Å²) in [4.78, 5) is 25.5. The highest BCUT2D eigenvalue weighted by Gasteiger charge is 2.66. The monoisotopic (exact) mass is 463 g/mol. The van der Waals surface area contributed by atoms with E-state index in [-0.39, 0.29) is 6.04 Å². The van der Waals surface area contributed by atoms with Gasteiger partial charge < -0.3 is 15.2 Å². The first-order valence-corrected chi connectivity index (χ1v) is 12.0. The summed E-state index contributed by atoms with van der Waals surface area (Å²) in [6, 6.07) is 16.1. The molecule has 180 valence electrons. The van der Waals surface area contributed by atoms with Crippen LogP contribution in [0.2, 0.25) is 0 Å². The molecule has 4 atom stereocenters. The number of fused-ring (bicyclic) bond motifs is 1. The van der Waals surface area contributed by atoms with Crippen molar-refractivity contribution in [2.75, 3.05) is 13.7 Å². The summed E-state index contributed by atoms with van der Waals surface area (Å²) < 4.78 is 5.57. The molecular weight excluding hydrogens is 430 g/mol. The Hall–Kier alpha value is -2.90. The Morgan fingerprint density at radius 3 is 2.74 bits per heavy atom. The quantitative estimate of drug-likeness (QED) is 0.593.